The Bertz CT molecular complexity index is 858. The van der Waals surface area contributed by atoms with Crippen molar-refractivity contribution in [2.75, 3.05) is 26.2 Å². The number of morpholine rings is 1. The predicted molar refractivity (Wildman–Crippen MR) is 95.0 cm³/mol. The van der Waals surface area contributed by atoms with Crippen LogP contribution in [0.1, 0.15) is 33.4 Å². The summed E-state index contributed by atoms with van der Waals surface area (Å²) in [6.45, 7) is 2.53. The van der Waals surface area contributed by atoms with Crippen LogP contribution in [0.5, 0.6) is 0 Å². The molecule has 138 valence electrons. The van der Waals surface area contributed by atoms with Crippen LogP contribution in [0.15, 0.2) is 12.1 Å². The van der Waals surface area contributed by atoms with E-state index in [0.29, 0.717) is 36.0 Å². The topological polar surface area (TPSA) is 70.2 Å². The third-order valence-electron chi connectivity index (χ3n) is 4.75. The molecule has 9 heteroatoms. The van der Waals surface area contributed by atoms with Gasteiger partial charge in [0.2, 0.25) is 0 Å². The molecule has 2 aromatic rings. The molecule has 4 rings (SSSR count). The molecule has 3 heterocycles. The Kier molecular flexibility index (Phi) is 4.88. The largest absolute Gasteiger partial charge is 0.370 e. The van der Waals surface area contributed by atoms with Crippen molar-refractivity contribution in [1.82, 2.24) is 20.4 Å². The zero-order valence-electron chi connectivity index (χ0n) is 13.8. The van der Waals surface area contributed by atoms with E-state index in [2.05, 4.69) is 15.5 Å². The van der Waals surface area contributed by atoms with Crippen LogP contribution in [-0.4, -0.2) is 47.2 Å². The Labute approximate surface area is 159 Å². The number of nitrogens with one attached hydrogen (secondary N) is 2. The second-order valence-electron chi connectivity index (χ2n) is 6.35. The van der Waals surface area contributed by atoms with Crippen molar-refractivity contribution < 1.29 is 13.9 Å². The number of fused-ring (bicyclic) bond motifs is 1. The first kappa shape index (κ1) is 17.7. The van der Waals surface area contributed by atoms with Crippen LogP contribution >= 0.6 is 23.2 Å². The Morgan fingerprint density at radius 2 is 2.19 bits per heavy atom. The molecule has 2 aliphatic heterocycles. The van der Waals surface area contributed by atoms with Gasteiger partial charge in [-0.05, 0) is 12.1 Å². The average molecular weight is 399 g/mol. The number of hydrogen-bond acceptors (Lipinski definition) is 4. The zero-order valence-corrected chi connectivity index (χ0v) is 15.3. The molecule has 0 bridgehead atoms. The van der Waals surface area contributed by atoms with E-state index < -0.39 is 11.9 Å². The lowest BCUT2D eigenvalue weighted by molar-refractivity contribution is -0.0231. The molecule has 1 aromatic carbocycles. The smallest absolute Gasteiger partial charge is 0.274 e. The minimum Gasteiger partial charge on any atom is -0.370 e. The number of ether oxygens (including phenoxy) is 1. The predicted octanol–water partition coefficient (Wildman–Crippen LogP) is 2.72. The van der Waals surface area contributed by atoms with Gasteiger partial charge in [-0.1, -0.05) is 23.2 Å². The summed E-state index contributed by atoms with van der Waals surface area (Å²) in [5.74, 6) is -0.726. The van der Waals surface area contributed by atoms with E-state index >= 15 is 0 Å². The number of amides is 1. The number of carbonyl (C=O) groups excluding carboxylic acids is 1. The summed E-state index contributed by atoms with van der Waals surface area (Å²) in [5, 5.41) is 10.7. The number of benzene rings is 1. The third-order valence-corrected chi connectivity index (χ3v) is 5.37. The van der Waals surface area contributed by atoms with Gasteiger partial charge in [0.1, 0.15) is 11.9 Å². The van der Waals surface area contributed by atoms with Gasteiger partial charge in [0.05, 0.1) is 18.2 Å². The van der Waals surface area contributed by atoms with Crippen LogP contribution in [0.2, 0.25) is 10.0 Å². The van der Waals surface area contributed by atoms with Crippen LogP contribution in [0, 0.1) is 5.82 Å². The van der Waals surface area contributed by atoms with E-state index in [9.17, 15) is 9.18 Å². The van der Waals surface area contributed by atoms with Gasteiger partial charge in [-0.2, -0.15) is 5.10 Å². The Hall–Kier alpha value is -1.67. The van der Waals surface area contributed by atoms with E-state index in [-0.39, 0.29) is 17.5 Å². The Morgan fingerprint density at radius 1 is 1.35 bits per heavy atom. The Balaban J connectivity index is 1.56. The van der Waals surface area contributed by atoms with E-state index in [1.54, 1.807) is 4.90 Å². The van der Waals surface area contributed by atoms with E-state index in [4.69, 9.17) is 27.9 Å². The first-order valence-corrected chi connectivity index (χ1v) is 9.12. The maximum atomic E-state index is 13.8. The molecule has 1 unspecified atom stereocenters. The molecule has 2 N–H and O–H groups in total. The number of halogens is 3. The lowest BCUT2D eigenvalue weighted by atomic mass is 10.0. The van der Waals surface area contributed by atoms with Crippen molar-refractivity contribution in [3.8, 4) is 0 Å². The van der Waals surface area contributed by atoms with E-state index in [1.807, 2.05) is 0 Å². The van der Waals surface area contributed by atoms with E-state index in [0.717, 1.165) is 24.2 Å². The quantitative estimate of drug-likeness (QED) is 0.762. The van der Waals surface area contributed by atoms with Gasteiger partial charge in [-0.25, -0.2) is 4.39 Å². The molecule has 0 saturated carbocycles. The van der Waals surface area contributed by atoms with Gasteiger partial charge in [0.25, 0.3) is 5.91 Å². The molecule has 1 aromatic heterocycles. The summed E-state index contributed by atoms with van der Waals surface area (Å²) in [4.78, 5) is 14.6. The maximum Gasteiger partial charge on any atom is 0.274 e. The number of aromatic amines is 1. The zero-order chi connectivity index (χ0) is 18.3. The second-order valence-corrected chi connectivity index (χ2v) is 7.17. The molecule has 0 radical (unpaired) electrons. The minimum atomic E-state index is -0.564. The summed E-state index contributed by atoms with van der Waals surface area (Å²) < 4.78 is 19.6. The van der Waals surface area contributed by atoms with Gasteiger partial charge in [0.15, 0.2) is 5.69 Å². The van der Waals surface area contributed by atoms with Gasteiger partial charge >= 0.3 is 0 Å². The van der Waals surface area contributed by atoms with Crippen molar-refractivity contribution in [1.29, 1.82) is 0 Å². The molecule has 0 aliphatic carbocycles. The highest BCUT2D eigenvalue weighted by molar-refractivity contribution is 6.35. The third kappa shape index (κ3) is 3.20. The number of aromatic nitrogens is 2. The normalized spacial score (nSPS) is 20.1. The van der Waals surface area contributed by atoms with E-state index in [1.165, 1.54) is 12.1 Å². The minimum absolute atomic E-state index is 0.0434. The molecule has 0 spiro atoms. The highest BCUT2D eigenvalue weighted by Crippen LogP contribution is 2.33. The molecular weight excluding hydrogens is 382 g/mol. The molecule has 1 atom stereocenters. The lowest BCUT2D eigenvalue weighted by Crippen LogP contribution is -2.43. The number of rotatable bonds is 2. The fourth-order valence-electron chi connectivity index (χ4n) is 3.36. The lowest BCUT2D eigenvalue weighted by Gasteiger charge is -2.33. The molecule has 1 saturated heterocycles. The van der Waals surface area contributed by atoms with Crippen molar-refractivity contribution in [3.63, 3.8) is 0 Å². The van der Waals surface area contributed by atoms with Gasteiger partial charge < -0.3 is 15.0 Å². The van der Waals surface area contributed by atoms with Crippen LogP contribution in [0.3, 0.4) is 0 Å². The number of H-pyrrole nitrogens is 1. The SMILES string of the molecule is O=C(c1n[nH]c2c1CNCC2)N1CCOC(c2cc(F)c(Cl)cc2Cl)C1. The molecule has 6 nitrogen and oxygen atoms in total. The molecule has 1 fully saturated rings. The summed E-state index contributed by atoms with van der Waals surface area (Å²) in [5.41, 5.74) is 2.83. The summed E-state index contributed by atoms with van der Waals surface area (Å²) in [6.07, 6.45) is 0.306. The first-order valence-electron chi connectivity index (χ1n) is 8.36. The number of carbonyl (C=O) groups is 1. The monoisotopic (exact) mass is 398 g/mol. The fourth-order valence-corrected chi connectivity index (χ4v) is 3.86. The highest BCUT2D eigenvalue weighted by atomic mass is 35.5. The maximum absolute atomic E-state index is 13.8. The fraction of sp³-hybridized carbons (Fsp3) is 0.412. The summed E-state index contributed by atoms with van der Waals surface area (Å²) in [6, 6.07) is 2.62. The molecule has 26 heavy (non-hydrogen) atoms. The van der Waals surface area contributed by atoms with Crippen LogP contribution in [-0.2, 0) is 17.7 Å². The average Bonchev–Trinajstić information content (AvgIpc) is 3.08. The first-order chi connectivity index (χ1) is 12.5. The number of hydrogen-bond donors (Lipinski definition) is 2. The molecule has 1 amide bonds. The standard InChI is InChI=1S/C17H17Cl2FN4O2/c18-11-6-12(19)13(20)5-9(11)15-8-24(3-4-26-15)17(25)16-10-7-21-2-1-14(10)22-23-16/h5-6,15,21H,1-4,7-8H2,(H,22,23). The van der Waals surface area contributed by atoms with Crippen LogP contribution in [0.25, 0.3) is 0 Å². The van der Waals surface area contributed by atoms with Crippen molar-refractivity contribution >= 4 is 29.1 Å². The van der Waals surface area contributed by atoms with Gasteiger partial charge in [0, 0.05) is 47.9 Å². The van der Waals surface area contributed by atoms with Crippen LogP contribution in [0.4, 0.5) is 4.39 Å². The summed E-state index contributed by atoms with van der Waals surface area (Å²) in [7, 11) is 0. The summed E-state index contributed by atoms with van der Waals surface area (Å²) >= 11 is 12.0. The van der Waals surface area contributed by atoms with Gasteiger partial charge in [-0.3, -0.25) is 9.89 Å². The molecular formula is C17H17Cl2FN4O2. The number of nitrogens with zero attached hydrogens (tertiary/aromatic N) is 2. The Morgan fingerprint density at radius 3 is 3.04 bits per heavy atom. The second kappa shape index (κ2) is 7.15. The van der Waals surface area contributed by atoms with Crippen molar-refractivity contribution in [3.05, 3.63) is 50.5 Å². The van der Waals surface area contributed by atoms with Crippen molar-refractivity contribution in [2.45, 2.75) is 19.1 Å². The van der Waals surface area contributed by atoms with Crippen molar-refractivity contribution in [2.24, 2.45) is 0 Å². The molecule has 2 aliphatic rings. The van der Waals surface area contributed by atoms with Crippen LogP contribution < -0.4 is 5.32 Å². The highest BCUT2D eigenvalue weighted by Gasteiger charge is 2.31. The van der Waals surface area contributed by atoms with Gasteiger partial charge in [-0.15, -0.1) is 0 Å².